The first kappa shape index (κ1) is 23.3. The van der Waals surface area contributed by atoms with Crippen molar-refractivity contribution in [2.24, 2.45) is 0 Å². The molecule has 0 aliphatic rings. The van der Waals surface area contributed by atoms with Gasteiger partial charge < -0.3 is 19.5 Å². The van der Waals surface area contributed by atoms with E-state index in [2.05, 4.69) is 11.9 Å². The van der Waals surface area contributed by atoms with E-state index >= 15 is 0 Å². The van der Waals surface area contributed by atoms with E-state index in [-0.39, 0.29) is 17.6 Å². The van der Waals surface area contributed by atoms with Gasteiger partial charge in [0.2, 0.25) is 0 Å². The minimum Gasteiger partial charge on any atom is -0.487 e. The Labute approximate surface area is 190 Å². The summed E-state index contributed by atoms with van der Waals surface area (Å²) in [6, 6.07) is 10.4. The molecule has 1 aromatic carbocycles. The van der Waals surface area contributed by atoms with Crippen LogP contribution in [-0.2, 0) is 24.2 Å². The number of carboxylic acid groups (broad SMARTS) is 2. The summed E-state index contributed by atoms with van der Waals surface area (Å²) >= 11 is 1.42. The Morgan fingerprint density at radius 1 is 1.16 bits per heavy atom. The van der Waals surface area contributed by atoms with Crippen molar-refractivity contribution in [1.29, 1.82) is 0 Å². The number of aromatic nitrogens is 2. The summed E-state index contributed by atoms with van der Waals surface area (Å²) < 4.78 is 7.21. The van der Waals surface area contributed by atoms with Crippen LogP contribution in [0.4, 0.5) is 0 Å². The van der Waals surface area contributed by atoms with Gasteiger partial charge in [-0.25, -0.2) is 14.6 Å². The molecule has 168 valence electrons. The normalized spacial score (nSPS) is 11.5. The molecule has 0 saturated carbocycles. The maximum Gasteiger partial charge on any atom is 0.335 e. The molecule has 0 fully saturated rings. The van der Waals surface area contributed by atoms with Crippen LogP contribution in [0, 0.1) is 0 Å². The van der Waals surface area contributed by atoms with Gasteiger partial charge in [-0.2, -0.15) is 0 Å². The molecule has 0 amide bonds. The third-order valence-corrected chi connectivity index (χ3v) is 6.11. The number of imidazole rings is 1. The second-order valence-corrected chi connectivity index (χ2v) is 8.50. The average molecular weight is 455 g/mol. The lowest BCUT2D eigenvalue weighted by Gasteiger charge is -2.12. The Kier molecular flexibility index (Phi) is 7.83. The summed E-state index contributed by atoms with van der Waals surface area (Å²) in [5.74, 6) is -1.07. The van der Waals surface area contributed by atoms with Crippen molar-refractivity contribution in [2.45, 2.75) is 39.2 Å². The van der Waals surface area contributed by atoms with Crippen molar-refractivity contribution < 1.29 is 24.5 Å². The number of aromatic carboxylic acids is 1. The molecule has 0 spiro atoms. The fraction of sp³-hybridized carbons (Fsp3) is 0.292. The zero-order valence-corrected chi connectivity index (χ0v) is 18.9. The van der Waals surface area contributed by atoms with E-state index in [0.717, 1.165) is 40.6 Å². The molecular weight excluding hydrogens is 428 g/mol. The first-order valence-corrected chi connectivity index (χ1v) is 11.2. The number of carboxylic acids is 2. The average Bonchev–Trinajstić information content (AvgIpc) is 3.39. The van der Waals surface area contributed by atoms with Crippen LogP contribution in [0.2, 0.25) is 0 Å². The molecule has 2 heterocycles. The van der Waals surface area contributed by atoms with Crippen molar-refractivity contribution in [3.63, 3.8) is 0 Å². The Morgan fingerprint density at radius 2 is 1.91 bits per heavy atom. The highest BCUT2D eigenvalue weighted by Crippen LogP contribution is 2.27. The van der Waals surface area contributed by atoms with Crippen LogP contribution in [-0.4, -0.2) is 38.8 Å². The number of aliphatic carboxylic acids is 1. The fourth-order valence-electron chi connectivity index (χ4n) is 3.31. The molecule has 32 heavy (non-hydrogen) atoms. The summed E-state index contributed by atoms with van der Waals surface area (Å²) in [5.41, 5.74) is 2.11. The van der Waals surface area contributed by atoms with E-state index < -0.39 is 11.9 Å². The van der Waals surface area contributed by atoms with Crippen molar-refractivity contribution in [1.82, 2.24) is 9.55 Å². The highest BCUT2D eigenvalue weighted by Gasteiger charge is 2.15. The minimum absolute atomic E-state index is 0.227. The first-order valence-electron chi connectivity index (χ1n) is 10.3. The van der Waals surface area contributed by atoms with E-state index in [1.807, 2.05) is 16.7 Å². The van der Waals surface area contributed by atoms with E-state index in [9.17, 15) is 14.7 Å². The molecule has 3 aromatic rings. The Balaban J connectivity index is 1.93. The molecule has 0 aliphatic carbocycles. The number of nitrogens with zero attached hydrogens (tertiary/aromatic N) is 2. The van der Waals surface area contributed by atoms with Crippen LogP contribution in [0.3, 0.4) is 0 Å². The number of hydrogen-bond acceptors (Lipinski definition) is 5. The zero-order valence-electron chi connectivity index (χ0n) is 18.1. The Morgan fingerprint density at radius 3 is 2.50 bits per heavy atom. The Bertz CT molecular complexity index is 1110. The second-order valence-electron chi connectivity index (χ2n) is 7.37. The summed E-state index contributed by atoms with van der Waals surface area (Å²) in [7, 11) is 1.59. The summed E-state index contributed by atoms with van der Waals surface area (Å²) in [6.07, 6.45) is 6.43. The molecule has 2 aromatic heterocycles. The van der Waals surface area contributed by atoms with Gasteiger partial charge in [-0.3, -0.25) is 0 Å². The van der Waals surface area contributed by atoms with Crippen LogP contribution in [0.15, 0.2) is 48.2 Å². The predicted molar refractivity (Wildman–Crippen MR) is 124 cm³/mol. The van der Waals surface area contributed by atoms with Gasteiger partial charge in [0.25, 0.3) is 0 Å². The molecule has 2 N–H and O–H groups in total. The number of hydrogen-bond donors (Lipinski definition) is 2. The largest absolute Gasteiger partial charge is 0.487 e. The highest BCUT2D eigenvalue weighted by atomic mass is 32.1. The van der Waals surface area contributed by atoms with Gasteiger partial charge in [-0.15, -0.1) is 11.3 Å². The Hall–Kier alpha value is -3.39. The maximum atomic E-state index is 12.0. The standard InChI is InChI=1S/C24H26N2O5S/c1-3-4-5-21-25-14-19(26(21)15-16-6-8-17(9-7-16)23(27)28)12-18(24(29)30)13-20-10-11-22(31-2)32-20/h6-12,14H,3-5,13,15H2,1-2H3,(H,27,28)(H,29,30). The van der Waals surface area contributed by atoms with Crippen LogP contribution in [0.1, 0.15) is 52.1 Å². The number of ether oxygens (including phenoxy) is 1. The molecule has 0 aliphatic heterocycles. The lowest BCUT2D eigenvalue weighted by molar-refractivity contribution is -0.132. The number of aryl methyl sites for hydroxylation is 1. The number of methoxy groups -OCH3 is 1. The molecule has 0 radical (unpaired) electrons. The third kappa shape index (κ3) is 5.85. The van der Waals surface area contributed by atoms with Crippen LogP contribution in [0.5, 0.6) is 5.06 Å². The van der Waals surface area contributed by atoms with E-state index in [0.29, 0.717) is 12.2 Å². The number of carbonyl (C=O) groups is 2. The van der Waals surface area contributed by atoms with Gasteiger partial charge in [-0.1, -0.05) is 25.5 Å². The molecule has 0 unspecified atom stereocenters. The number of benzene rings is 1. The molecule has 7 nitrogen and oxygen atoms in total. The van der Waals surface area contributed by atoms with Crippen molar-refractivity contribution in [2.75, 3.05) is 7.11 Å². The molecule has 0 atom stereocenters. The lowest BCUT2D eigenvalue weighted by atomic mass is 10.1. The van der Waals surface area contributed by atoms with Gasteiger partial charge in [-0.05, 0) is 42.3 Å². The van der Waals surface area contributed by atoms with Crippen LogP contribution < -0.4 is 4.74 Å². The van der Waals surface area contributed by atoms with Gasteiger partial charge in [0.05, 0.1) is 24.6 Å². The molecule has 3 rings (SSSR count). The summed E-state index contributed by atoms with van der Waals surface area (Å²) in [5, 5.41) is 19.7. The van der Waals surface area contributed by atoms with E-state index in [1.165, 1.54) is 11.3 Å². The van der Waals surface area contributed by atoms with E-state index in [4.69, 9.17) is 9.84 Å². The third-order valence-electron chi connectivity index (χ3n) is 5.06. The minimum atomic E-state index is -0.981. The molecule has 0 bridgehead atoms. The highest BCUT2D eigenvalue weighted by molar-refractivity contribution is 7.13. The van der Waals surface area contributed by atoms with Gasteiger partial charge in [0.1, 0.15) is 5.82 Å². The SMILES string of the molecule is CCCCc1ncc(C=C(Cc2ccc(OC)s2)C(=O)O)n1Cc1ccc(C(=O)O)cc1. The first-order chi connectivity index (χ1) is 15.4. The zero-order chi connectivity index (χ0) is 23.1. The van der Waals surface area contributed by atoms with Crippen molar-refractivity contribution in [3.8, 4) is 5.06 Å². The summed E-state index contributed by atoms with van der Waals surface area (Å²) in [4.78, 5) is 28.5. The lowest BCUT2D eigenvalue weighted by Crippen LogP contribution is -2.09. The quantitative estimate of drug-likeness (QED) is 0.405. The monoisotopic (exact) mass is 454 g/mol. The molecular formula is C24H26N2O5S. The maximum absolute atomic E-state index is 12.0. The number of rotatable bonds is 11. The topological polar surface area (TPSA) is 102 Å². The van der Waals surface area contributed by atoms with E-state index in [1.54, 1.807) is 43.6 Å². The van der Waals surface area contributed by atoms with Crippen LogP contribution in [0.25, 0.3) is 6.08 Å². The van der Waals surface area contributed by atoms with Crippen molar-refractivity contribution in [3.05, 3.63) is 75.7 Å². The number of thiophene rings is 1. The second kappa shape index (κ2) is 10.8. The molecule has 8 heteroatoms. The van der Waals surface area contributed by atoms with Crippen LogP contribution >= 0.6 is 11.3 Å². The van der Waals surface area contributed by atoms with Gasteiger partial charge in [0.15, 0.2) is 5.06 Å². The number of unbranched alkanes of at least 4 members (excludes halogenated alkanes) is 1. The van der Waals surface area contributed by atoms with Crippen molar-refractivity contribution >= 4 is 29.4 Å². The smallest absolute Gasteiger partial charge is 0.335 e. The van der Waals surface area contributed by atoms with Gasteiger partial charge >= 0.3 is 11.9 Å². The fourth-order valence-corrected chi connectivity index (χ4v) is 4.16. The van der Waals surface area contributed by atoms with Gasteiger partial charge in [0, 0.05) is 29.8 Å². The molecule has 0 saturated heterocycles. The predicted octanol–water partition coefficient (Wildman–Crippen LogP) is 4.75. The summed E-state index contributed by atoms with van der Waals surface area (Å²) in [6.45, 7) is 2.58.